The lowest BCUT2D eigenvalue weighted by molar-refractivity contribution is 0.0405. The molecule has 2 aliphatic rings. The Balaban J connectivity index is 2.14. The van der Waals surface area contributed by atoms with E-state index < -0.39 is 5.97 Å². The normalized spacial score (nSPS) is 30.4. The first kappa shape index (κ1) is 14.6. The Bertz CT molecular complexity index is 600. The van der Waals surface area contributed by atoms with E-state index in [2.05, 4.69) is 26.8 Å². The predicted molar refractivity (Wildman–Crippen MR) is 84.9 cm³/mol. The van der Waals surface area contributed by atoms with Crippen LogP contribution in [0.5, 0.6) is 0 Å². The van der Waals surface area contributed by atoms with E-state index in [4.69, 9.17) is 0 Å². The van der Waals surface area contributed by atoms with Crippen LogP contribution in [0.25, 0.3) is 0 Å². The third-order valence-electron chi connectivity index (χ3n) is 6.23. The average Bonchev–Trinajstić information content (AvgIpc) is 2.37. The molecule has 0 saturated heterocycles. The molecular formula is C19H26O2. The Hall–Kier alpha value is -1.31. The van der Waals surface area contributed by atoms with Crippen molar-refractivity contribution in [3.63, 3.8) is 0 Å². The number of carboxylic acids is 1. The van der Waals surface area contributed by atoms with E-state index in [-0.39, 0.29) is 5.41 Å². The van der Waals surface area contributed by atoms with Gasteiger partial charge in [0.15, 0.2) is 0 Å². The minimum absolute atomic E-state index is 0.219. The molecule has 1 aromatic carbocycles. The molecule has 1 N–H and O–H groups in total. The lowest BCUT2D eigenvalue weighted by Crippen LogP contribution is -2.48. The maximum atomic E-state index is 11.4. The van der Waals surface area contributed by atoms with Crippen molar-refractivity contribution in [2.75, 3.05) is 0 Å². The van der Waals surface area contributed by atoms with Crippen LogP contribution in [-0.2, 0) is 11.8 Å². The molecule has 1 saturated carbocycles. The van der Waals surface area contributed by atoms with Gasteiger partial charge in [0.25, 0.3) is 0 Å². The molecule has 21 heavy (non-hydrogen) atoms. The summed E-state index contributed by atoms with van der Waals surface area (Å²) in [4.78, 5) is 11.4. The molecule has 1 aromatic rings. The summed E-state index contributed by atoms with van der Waals surface area (Å²) in [6.45, 7) is 9.18. The highest BCUT2D eigenvalue weighted by molar-refractivity contribution is 5.89. The first-order valence-corrected chi connectivity index (χ1v) is 8.13. The van der Waals surface area contributed by atoms with Crippen LogP contribution in [0, 0.1) is 18.3 Å². The molecule has 2 atom stereocenters. The van der Waals surface area contributed by atoms with Crippen molar-refractivity contribution in [2.24, 2.45) is 11.3 Å². The van der Waals surface area contributed by atoms with E-state index in [1.807, 2.05) is 13.0 Å². The highest BCUT2D eigenvalue weighted by Gasteiger charge is 2.49. The Morgan fingerprint density at radius 2 is 1.95 bits per heavy atom. The number of aryl methyl sites for hydroxylation is 2. The van der Waals surface area contributed by atoms with Gasteiger partial charge in [0.2, 0.25) is 0 Å². The van der Waals surface area contributed by atoms with Crippen molar-refractivity contribution in [3.05, 3.63) is 34.4 Å². The average molecular weight is 286 g/mol. The summed E-state index contributed by atoms with van der Waals surface area (Å²) in [5, 5.41) is 9.35. The fraction of sp³-hybridized carbons (Fsp3) is 0.632. The molecule has 0 aromatic heterocycles. The zero-order valence-corrected chi connectivity index (χ0v) is 13.6. The van der Waals surface area contributed by atoms with Crippen molar-refractivity contribution in [1.82, 2.24) is 0 Å². The zero-order chi connectivity index (χ0) is 15.4. The van der Waals surface area contributed by atoms with E-state index in [1.165, 1.54) is 36.8 Å². The van der Waals surface area contributed by atoms with Crippen LogP contribution >= 0.6 is 0 Å². The van der Waals surface area contributed by atoms with Gasteiger partial charge in [-0.25, -0.2) is 4.79 Å². The lowest BCUT2D eigenvalue weighted by atomic mass is 9.50. The number of carbonyl (C=O) groups is 1. The predicted octanol–water partition coefficient (Wildman–Crippen LogP) is 4.72. The molecule has 0 unspecified atom stereocenters. The largest absolute Gasteiger partial charge is 0.478 e. The summed E-state index contributed by atoms with van der Waals surface area (Å²) in [6.07, 6.45) is 6.05. The first-order valence-electron chi connectivity index (χ1n) is 8.13. The molecule has 0 aliphatic heterocycles. The summed E-state index contributed by atoms with van der Waals surface area (Å²) >= 11 is 0. The van der Waals surface area contributed by atoms with Gasteiger partial charge in [0.05, 0.1) is 5.56 Å². The van der Waals surface area contributed by atoms with Crippen LogP contribution in [0.15, 0.2) is 12.1 Å². The van der Waals surface area contributed by atoms with Crippen LogP contribution < -0.4 is 0 Å². The van der Waals surface area contributed by atoms with Gasteiger partial charge in [-0.1, -0.05) is 33.3 Å². The number of hydrogen-bond acceptors (Lipinski definition) is 1. The van der Waals surface area contributed by atoms with Gasteiger partial charge in [-0.05, 0) is 72.1 Å². The first-order chi connectivity index (χ1) is 9.75. The number of rotatable bonds is 1. The number of carboxylic acid groups (broad SMARTS) is 1. The second kappa shape index (κ2) is 4.59. The highest BCUT2D eigenvalue weighted by Crippen LogP contribution is 2.57. The third-order valence-corrected chi connectivity index (χ3v) is 6.23. The summed E-state index contributed by atoms with van der Waals surface area (Å²) in [5.74, 6) is -0.0899. The Labute approximate surface area is 127 Å². The van der Waals surface area contributed by atoms with Crippen molar-refractivity contribution >= 4 is 5.97 Å². The molecule has 2 nitrogen and oxygen atoms in total. The lowest BCUT2D eigenvalue weighted by Gasteiger charge is -2.54. The standard InChI is InChI=1S/C19H26O2/c1-12-10-15-13(11-14(12)17(20)21)6-7-16-18(2,3)8-5-9-19(15,16)4/h10-11,16H,5-9H2,1-4H3,(H,20,21)/t16-,19+/m0/s1. The SMILES string of the molecule is Cc1cc2c(cc1C(=O)O)CC[C@H]1C(C)(C)CCC[C@]21C. The summed E-state index contributed by atoms with van der Waals surface area (Å²) in [6, 6.07) is 4.11. The maximum absolute atomic E-state index is 11.4. The monoisotopic (exact) mass is 286 g/mol. The van der Waals surface area contributed by atoms with Crippen LogP contribution in [0.2, 0.25) is 0 Å². The zero-order valence-electron chi connectivity index (χ0n) is 13.6. The van der Waals surface area contributed by atoms with Gasteiger partial charge in [-0.2, -0.15) is 0 Å². The molecule has 114 valence electrons. The van der Waals surface area contributed by atoms with Crippen LogP contribution in [-0.4, -0.2) is 11.1 Å². The second-order valence-corrected chi connectivity index (χ2v) is 7.98. The smallest absolute Gasteiger partial charge is 0.335 e. The molecule has 0 bridgehead atoms. The Kier molecular flexibility index (Phi) is 3.20. The van der Waals surface area contributed by atoms with Gasteiger partial charge in [-0.3, -0.25) is 0 Å². The van der Waals surface area contributed by atoms with E-state index in [0.29, 0.717) is 16.9 Å². The van der Waals surface area contributed by atoms with Gasteiger partial charge >= 0.3 is 5.97 Å². The summed E-state index contributed by atoms with van der Waals surface area (Å²) < 4.78 is 0. The molecule has 3 rings (SSSR count). The number of fused-ring (bicyclic) bond motifs is 3. The molecule has 2 aliphatic carbocycles. The van der Waals surface area contributed by atoms with E-state index in [0.717, 1.165) is 12.0 Å². The molecule has 0 amide bonds. The third kappa shape index (κ3) is 2.11. The van der Waals surface area contributed by atoms with Crippen molar-refractivity contribution in [2.45, 2.75) is 65.2 Å². The Morgan fingerprint density at radius 3 is 2.62 bits per heavy atom. The van der Waals surface area contributed by atoms with E-state index in [1.54, 1.807) is 0 Å². The quantitative estimate of drug-likeness (QED) is 0.810. The van der Waals surface area contributed by atoms with Crippen LogP contribution in [0.3, 0.4) is 0 Å². The van der Waals surface area contributed by atoms with Crippen LogP contribution in [0.4, 0.5) is 0 Å². The topological polar surface area (TPSA) is 37.3 Å². The molecule has 2 heteroatoms. The molecule has 0 spiro atoms. The highest BCUT2D eigenvalue weighted by atomic mass is 16.4. The summed E-state index contributed by atoms with van der Waals surface area (Å²) in [7, 11) is 0. The molecule has 0 heterocycles. The molecular weight excluding hydrogens is 260 g/mol. The number of aromatic carboxylic acids is 1. The van der Waals surface area contributed by atoms with E-state index >= 15 is 0 Å². The Morgan fingerprint density at radius 1 is 1.24 bits per heavy atom. The minimum atomic E-state index is -0.799. The molecule has 0 radical (unpaired) electrons. The van der Waals surface area contributed by atoms with Crippen molar-refractivity contribution in [3.8, 4) is 0 Å². The van der Waals surface area contributed by atoms with Crippen molar-refractivity contribution < 1.29 is 9.90 Å². The second-order valence-electron chi connectivity index (χ2n) is 7.98. The van der Waals surface area contributed by atoms with Gasteiger partial charge in [0, 0.05) is 0 Å². The van der Waals surface area contributed by atoms with Crippen molar-refractivity contribution in [1.29, 1.82) is 0 Å². The fourth-order valence-corrected chi connectivity index (χ4v) is 5.18. The fourth-order valence-electron chi connectivity index (χ4n) is 5.18. The minimum Gasteiger partial charge on any atom is -0.478 e. The van der Waals surface area contributed by atoms with Crippen LogP contribution in [0.1, 0.15) is 73.5 Å². The maximum Gasteiger partial charge on any atom is 0.335 e. The number of hydrogen-bond donors (Lipinski definition) is 1. The number of benzene rings is 1. The van der Waals surface area contributed by atoms with Gasteiger partial charge in [-0.15, -0.1) is 0 Å². The van der Waals surface area contributed by atoms with Gasteiger partial charge in [0.1, 0.15) is 0 Å². The van der Waals surface area contributed by atoms with Gasteiger partial charge < -0.3 is 5.11 Å². The summed E-state index contributed by atoms with van der Waals surface area (Å²) in [5.41, 5.74) is 4.70. The molecule has 1 fully saturated rings. The van der Waals surface area contributed by atoms with E-state index in [9.17, 15) is 9.90 Å².